The molecule has 0 bridgehead atoms. The Labute approximate surface area is 137 Å². The Morgan fingerprint density at radius 3 is 2.73 bits per heavy atom. The number of amides is 1. The van der Waals surface area contributed by atoms with Crippen LogP contribution < -0.4 is 11.1 Å². The Morgan fingerprint density at radius 1 is 1.32 bits per heavy atom. The van der Waals surface area contributed by atoms with Crippen molar-refractivity contribution in [3.8, 4) is 0 Å². The lowest BCUT2D eigenvalue weighted by Crippen LogP contribution is -2.41. The molecule has 4 heteroatoms. The zero-order valence-electron chi connectivity index (χ0n) is 13.0. The van der Waals surface area contributed by atoms with E-state index in [-0.39, 0.29) is 23.3 Å². The SMILES string of the molecule is NC1CCC(C(=O)NCC2(c3cccc(Cl)c3)CCCC2)C1. The number of carbonyl (C=O) groups excluding carboxylic acids is 1. The van der Waals surface area contributed by atoms with Crippen molar-refractivity contribution in [2.45, 2.75) is 56.4 Å². The first-order valence-corrected chi connectivity index (χ1v) is 8.76. The number of nitrogens with one attached hydrogen (secondary N) is 1. The molecular weight excluding hydrogens is 296 g/mol. The second-order valence-electron chi connectivity index (χ2n) is 6.99. The minimum atomic E-state index is 0.0568. The van der Waals surface area contributed by atoms with E-state index in [1.807, 2.05) is 12.1 Å². The molecule has 1 amide bonds. The van der Waals surface area contributed by atoms with Crippen LogP contribution in [-0.2, 0) is 10.2 Å². The van der Waals surface area contributed by atoms with Gasteiger partial charge in [-0.05, 0) is 49.8 Å². The van der Waals surface area contributed by atoms with Gasteiger partial charge in [-0.25, -0.2) is 0 Å². The predicted octanol–water partition coefficient (Wildman–Crippen LogP) is 3.40. The number of carbonyl (C=O) groups is 1. The molecule has 0 radical (unpaired) electrons. The molecule has 3 nitrogen and oxygen atoms in total. The van der Waals surface area contributed by atoms with E-state index in [2.05, 4.69) is 17.4 Å². The lowest BCUT2D eigenvalue weighted by Gasteiger charge is -2.30. The maximum atomic E-state index is 12.4. The Bertz CT molecular complexity index is 540. The summed E-state index contributed by atoms with van der Waals surface area (Å²) < 4.78 is 0. The summed E-state index contributed by atoms with van der Waals surface area (Å²) in [6.07, 6.45) is 7.41. The van der Waals surface area contributed by atoms with Gasteiger partial charge in [0, 0.05) is 28.9 Å². The fourth-order valence-corrected chi connectivity index (χ4v) is 4.28. The number of benzene rings is 1. The van der Waals surface area contributed by atoms with E-state index >= 15 is 0 Å². The lowest BCUT2D eigenvalue weighted by molar-refractivity contribution is -0.125. The molecule has 2 atom stereocenters. The molecule has 3 N–H and O–H groups in total. The molecule has 2 saturated carbocycles. The lowest BCUT2D eigenvalue weighted by atomic mass is 9.78. The van der Waals surface area contributed by atoms with Crippen LogP contribution in [0.1, 0.15) is 50.5 Å². The highest BCUT2D eigenvalue weighted by Gasteiger charge is 2.37. The number of hydrogen-bond acceptors (Lipinski definition) is 2. The van der Waals surface area contributed by atoms with Crippen LogP contribution in [0, 0.1) is 5.92 Å². The molecule has 0 spiro atoms. The highest BCUT2D eigenvalue weighted by molar-refractivity contribution is 6.30. The van der Waals surface area contributed by atoms with Crippen molar-refractivity contribution in [1.82, 2.24) is 5.32 Å². The topological polar surface area (TPSA) is 55.1 Å². The Balaban J connectivity index is 1.68. The van der Waals surface area contributed by atoms with Gasteiger partial charge in [0.25, 0.3) is 0 Å². The summed E-state index contributed by atoms with van der Waals surface area (Å²) in [5, 5.41) is 3.98. The van der Waals surface area contributed by atoms with E-state index in [4.69, 9.17) is 17.3 Å². The third kappa shape index (κ3) is 3.31. The molecule has 3 rings (SSSR count). The zero-order valence-corrected chi connectivity index (χ0v) is 13.7. The van der Waals surface area contributed by atoms with Crippen molar-refractivity contribution in [1.29, 1.82) is 0 Å². The molecule has 2 aliphatic carbocycles. The van der Waals surface area contributed by atoms with Crippen LogP contribution in [0.2, 0.25) is 5.02 Å². The van der Waals surface area contributed by atoms with Gasteiger partial charge in [-0.3, -0.25) is 4.79 Å². The number of halogens is 1. The van der Waals surface area contributed by atoms with Crippen LogP contribution in [0.5, 0.6) is 0 Å². The number of hydrogen-bond donors (Lipinski definition) is 2. The van der Waals surface area contributed by atoms with Crippen molar-refractivity contribution in [3.05, 3.63) is 34.9 Å². The summed E-state index contributed by atoms with van der Waals surface area (Å²) in [5.41, 5.74) is 7.24. The third-order valence-corrected chi connectivity index (χ3v) is 5.68. The normalized spacial score (nSPS) is 27.0. The molecule has 2 unspecified atom stereocenters. The average Bonchev–Trinajstić information content (AvgIpc) is 3.15. The van der Waals surface area contributed by atoms with Crippen LogP contribution >= 0.6 is 11.6 Å². The molecular formula is C18H25ClN2O. The first-order valence-electron chi connectivity index (χ1n) is 8.38. The fraction of sp³-hybridized carbons (Fsp3) is 0.611. The van der Waals surface area contributed by atoms with Gasteiger partial charge in [0.2, 0.25) is 5.91 Å². The summed E-state index contributed by atoms with van der Waals surface area (Å²) in [7, 11) is 0. The maximum absolute atomic E-state index is 12.4. The minimum absolute atomic E-state index is 0.0568. The molecule has 2 fully saturated rings. The number of rotatable bonds is 4. The smallest absolute Gasteiger partial charge is 0.223 e. The van der Waals surface area contributed by atoms with Gasteiger partial charge in [0.15, 0.2) is 0 Å². The van der Waals surface area contributed by atoms with Crippen LogP contribution in [0.25, 0.3) is 0 Å². The monoisotopic (exact) mass is 320 g/mol. The first kappa shape index (κ1) is 15.8. The second kappa shape index (κ2) is 6.59. The predicted molar refractivity (Wildman–Crippen MR) is 89.9 cm³/mol. The summed E-state index contributed by atoms with van der Waals surface area (Å²) >= 11 is 6.17. The third-order valence-electron chi connectivity index (χ3n) is 5.44. The first-order chi connectivity index (χ1) is 10.6. The quantitative estimate of drug-likeness (QED) is 0.893. The number of nitrogens with two attached hydrogens (primary N) is 1. The summed E-state index contributed by atoms with van der Waals surface area (Å²) in [5.74, 6) is 0.286. The van der Waals surface area contributed by atoms with E-state index in [0.717, 1.165) is 43.7 Å². The molecule has 1 aromatic rings. The molecule has 0 aliphatic heterocycles. The minimum Gasteiger partial charge on any atom is -0.355 e. The van der Waals surface area contributed by atoms with Gasteiger partial charge in [-0.1, -0.05) is 36.6 Å². The fourth-order valence-electron chi connectivity index (χ4n) is 4.09. The average molecular weight is 321 g/mol. The van der Waals surface area contributed by atoms with E-state index in [0.29, 0.717) is 0 Å². The molecule has 0 heterocycles. The highest BCUT2D eigenvalue weighted by Crippen LogP contribution is 2.41. The molecule has 1 aromatic carbocycles. The largest absolute Gasteiger partial charge is 0.355 e. The second-order valence-corrected chi connectivity index (χ2v) is 7.42. The van der Waals surface area contributed by atoms with Crippen LogP contribution in [0.15, 0.2) is 24.3 Å². The molecule has 120 valence electrons. The van der Waals surface area contributed by atoms with Crippen molar-refractivity contribution in [2.75, 3.05) is 6.54 Å². The maximum Gasteiger partial charge on any atom is 0.223 e. The van der Waals surface area contributed by atoms with E-state index < -0.39 is 0 Å². The molecule has 0 aromatic heterocycles. The van der Waals surface area contributed by atoms with E-state index in [1.165, 1.54) is 18.4 Å². The van der Waals surface area contributed by atoms with E-state index in [1.54, 1.807) is 0 Å². The Morgan fingerprint density at radius 2 is 2.09 bits per heavy atom. The van der Waals surface area contributed by atoms with Gasteiger partial charge < -0.3 is 11.1 Å². The molecule has 22 heavy (non-hydrogen) atoms. The van der Waals surface area contributed by atoms with Crippen molar-refractivity contribution >= 4 is 17.5 Å². The van der Waals surface area contributed by atoms with Gasteiger partial charge >= 0.3 is 0 Å². The van der Waals surface area contributed by atoms with E-state index in [9.17, 15) is 4.79 Å². The van der Waals surface area contributed by atoms with Crippen molar-refractivity contribution < 1.29 is 4.79 Å². The molecule has 2 aliphatic rings. The van der Waals surface area contributed by atoms with Gasteiger partial charge in [-0.15, -0.1) is 0 Å². The van der Waals surface area contributed by atoms with Gasteiger partial charge in [0.1, 0.15) is 0 Å². The van der Waals surface area contributed by atoms with Gasteiger partial charge in [0.05, 0.1) is 0 Å². The Kier molecular flexibility index (Phi) is 4.74. The molecule has 0 saturated heterocycles. The van der Waals surface area contributed by atoms with Crippen molar-refractivity contribution in [3.63, 3.8) is 0 Å². The van der Waals surface area contributed by atoms with Crippen LogP contribution in [0.3, 0.4) is 0 Å². The summed E-state index contributed by atoms with van der Waals surface area (Å²) in [6, 6.07) is 8.32. The standard InChI is InChI=1S/C18H25ClN2O/c19-15-5-3-4-14(11-15)18(8-1-2-9-18)12-21-17(22)13-6-7-16(20)10-13/h3-5,11,13,16H,1-2,6-10,12,20H2,(H,21,22). The Hall–Kier alpha value is -1.06. The zero-order chi connectivity index (χ0) is 15.6. The van der Waals surface area contributed by atoms with Crippen LogP contribution in [0.4, 0.5) is 0 Å². The van der Waals surface area contributed by atoms with Crippen LogP contribution in [-0.4, -0.2) is 18.5 Å². The van der Waals surface area contributed by atoms with Crippen molar-refractivity contribution in [2.24, 2.45) is 11.7 Å². The highest BCUT2D eigenvalue weighted by atomic mass is 35.5. The summed E-state index contributed by atoms with van der Waals surface area (Å²) in [6.45, 7) is 0.720. The summed E-state index contributed by atoms with van der Waals surface area (Å²) in [4.78, 5) is 12.4. The van der Waals surface area contributed by atoms with Gasteiger partial charge in [-0.2, -0.15) is 0 Å².